The van der Waals surface area contributed by atoms with Crippen molar-refractivity contribution >= 4 is 5.97 Å². The molecule has 146 valence electrons. The van der Waals surface area contributed by atoms with Crippen molar-refractivity contribution in [1.29, 1.82) is 0 Å². The minimum absolute atomic E-state index is 0.0878. The van der Waals surface area contributed by atoms with E-state index < -0.39 is 60.5 Å². The molecule has 0 spiro atoms. The standard InChI is InChI=1S/C11H20N2O12/c14-7-3-21-11-8(4-22-10(7)11)24-9(15)5-20-1-6(25-13(18)19)2-23-12(16)17/h6-8,10-11,14,16-19H,1-5H2/t6?,7-,8-,10?,11?/m1/s1. The Morgan fingerprint density at radius 1 is 1.08 bits per heavy atom. The number of aliphatic hydroxyl groups excluding tert-OH is 1. The van der Waals surface area contributed by atoms with Crippen LogP contribution < -0.4 is 0 Å². The van der Waals surface area contributed by atoms with E-state index in [1.165, 1.54) is 0 Å². The minimum Gasteiger partial charge on any atom is -0.455 e. The number of nitrogens with zero attached hydrogens (tertiary/aromatic N) is 2. The number of rotatable bonds is 10. The molecule has 2 fully saturated rings. The third kappa shape index (κ3) is 6.33. The van der Waals surface area contributed by atoms with Crippen LogP contribution in [-0.2, 0) is 33.4 Å². The monoisotopic (exact) mass is 372 g/mol. The van der Waals surface area contributed by atoms with Crippen LogP contribution in [0, 0.1) is 0 Å². The van der Waals surface area contributed by atoms with E-state index in [1.807, 2.05) is 0 Å². The van der Waals surface area contributed by atoms with Gasteiger partial charge in [-0.2, -0.15) is 0 Å². The van der Waals surface area contributed by atoms with E-state index in [0.29, 0.717) is 0 Å². The van der Waals surface area contributed by atoms with Gasteiger partial charge >= 0.3 is 5.97 Å². The van der Waals surface area contributed by atoms with E-state index in [0.717, 1.165) is 0 Å². The Morgan fingerprint density at radius 2 is 1.80 bits per heavy atom. The maximum absolute atomic E-state index is 11.7. The molecule has 0 aliphatic carbocycles. The maximum atomic E-state index is 11.7. The molecule has 0 saturated carbocycles. The van der Waals surface area contributed by atoms with Crippen molar-refractivity contribution in [3.63, 3.8) is 0 Å². The Morgan fingerprint density at radius 3 is 2.48 bits per heavy atom. The van der Waals surface area contributed by atoms with Gasteiger partial charge in [-0.15, -0.1) is 0 Å². The lowest BCUT2D eigenvalue weighted by Crippen LogP contribution is -2.36. The molecule has 14 heteroatoms. The van der Waals surface area contributed by atoms with E-state index in [9.17, 15) is 9.90 Å². The molecular formula is C11H20N2O12. The van der Waals surface area contributed by atoms with E-state index in [-0.39, 0.29) is 19.8 Å². The first-order valence-corrected chi connectivity index (χ1v) is 7.20. The molecule has 14 nitrogen and oxygen atoms in total. The van der Waals surface area contributed by atoms with E-state index >= 15 is 0 Å². The molecule has 0 radical (unpaired) electrons. The van der Waals surface area contributed by atoms with Gasteiger partial charge in [-0.05, 0) is 0 Å². The molecule has 0 bridgehead atoms. The van der Waals surface area contributed by atoms with Gasteiger partial charge in [0.2, 0.25) is 0 Å². The van der Waals surface area contributed by atoms with Crippen LogP contribution in [0.15, 0.2) is 0 Å². The van der Waals surface area contributed by atoms with Gasteiger partial charge in [0, 0.05) is 0 Å². The second-order valence-corrected chi connectivity index (χ2v) is 5.24. The lowest BCUT2D eigenvalue weighted by atomic mass is 10.1. The van der Waals surface area contributed by atoms with Gasteiger partial charge in [0.1, 0.15) is 37.6 Å². The van der Waals surface area contributed by atoms with Crippen molar-refractivity contribution in [2.45, 2.75) is 30.5 Å². The van der Waals surface area contributed by atoms with Crippen LogP contribution in [-0.4, -0.2) is 106 Å². The predicted octanol–water partition coefficient (Wildman–Crippen LogP) is -2.53. The van der Waals surface area contributed by atoms with Crippen LogP contribution in [0.25, 0.3) is 0 Å². The van der Waals surface area contributed by atoms with Gasteiger partial charge in [-0.1, -0.05) is 0 Å². The minimum atomic E-state index is -1.18. The van der Waals surface area contributed by atoms with Gasteiger partial charge in [-0.3, -0.25) is 20.8 Å². The van der Waals surface area contributed by atoms with Crippen LogP contribution in [0.5, 0.6) is 0 Å². The maximum Gasteiger partial charge on any atom is 0.332 e. The average molecular weight is 372 g/mol. The Bertz CT molecular complexity index is 424. The van der Waals surface area contributed by atoms with Crippen molar-refractivity contribution in [3.8, 4) is 0 Å². The smallest absolute Gasteiger partial charge is 0.332 e. The van der Waals surface area contributed by atoms with Crippen LogP contribution in [0.3, 0.4) is 0 Å². The number of carbonyl (C=O) groups excluding carboxylic acids is 1. The second kappa shape index (κ2) is 9.62. The number of fused-ring (bicyclic) bond motifs is 1. The summed E-state index contributed by atoms with van der Waals surface area (Å²) in [5.41, 5.74) is 0. The Labute approximate surface area is 140 Å². The first-order valence-electron chi connectivity index (χ1n) is 7.20. The molecule has 0 aromatic carbocycles. The summed E-state index contributed by atoms with van der Waals surface area (Å²) in [4.78, 5) is 20.4. The SMILES string of the molecule is O=C(COCC(CON(O)O)ON(O)O)O[C@@H]1COC2C1OC[C@H]2O. The molecule has 0 amide bonds. The van der Waals surface area contributed by atoms with Gasteiger partial charge < -0.3 is 24.1 Å². The topological polar surface area (TPSA) is 180 Å². The Balaban J connectivity index is 1.68. The number of hydrogen-bond acceptors (Lipinski definition) is 14. The zero-order valence-electron chi connectivity index (χ0n) is 12.9. The highest BCUT2D eigenvalue weighted by Gasteiger charge is 2.48. The number of hydrogen-bond donors (Lipinski definition) is 5. The van der Waals surface area contributed by atoms with Crippen molar-refractivity contribution in [1.82, 2.24) is 10.8 Å². The summed E-state index contributed by atoms with van der Waals surface area (Å²) in [7, 11) is 0. The summed E-state index contributed by atoms with van der Waals surface area (Å²) in [6.45, 7) is -1.22. The molecule has 2 rings (SSSR count). The molecule has 2 saturated heterocycles. The molecule has 2 heterocycles. The zero-order chi connectivity index (χ0) is 18.4. The van der Waals surface area contributed by atoms with Gasteiger partial charge in [0.25, 0.3) is 0 Å². The lowest BCUT2D eigenvalue weighted by Gasteiger charge is -2.19. The first-order chi connectivity index (χ1) is 11.9. The van der Waals surface area contributed by atoms with Crippen molar-refractivity contribution in [2.75, 3.05) is 33.0 Å². The summed E-state index contributed by atoms with van der Waals surface area (Å²) < 4.78 is 20.7. The molecule has 3 unspecified atom stereocenters. The molecule has 5 N–H and O–H groups in total. The highest BCUT2D eigenvalue weighted by molar-refractivity contribution is 5.71. The highest BCUT2D eigenvalue weighted by Crippen LogP contribution is 2.28. The highest BCUT2D eigenvalue weighted by atomic mass is 17.1. The van der Waals surface area contributed by atoms with Crippen molar-refractivity contribution < 1.29 is 59.4 Å². The van der Waals surface area contributed by atoms with E-state index in [2.05, 4.69) is 9.68 Å². The molecule has 5 atom stereocenters. The fourth-order valence-corrected chi connectivity index (χ4v) is 2.41. The lowest BCUT2D eigenvalue weighted by molar-refractivity contribution is -0.528. The van der Waals surface area contributed by atoms with Crippen molar-refractivity contribution in [2.24, 2.45) is 0 Å². The number of carbonyl (C=O) groups is 1. The average Bonchev–Trinajstić information content (AvgIpc) is 3.08. The predicted molar refractivity (Wildman–Crippen MR) is 67.8 cm³/mol. The van der Waals surface area contributed by atoms with Crippen LogP contribution in [0.2, 0.25) is 0 Å². The summed E-state index contributed by atoms with van der Waals surface area (Å²) in [6, 6.07) is 0. The second-order valence-electron chi connectivity index (χ2n) is 5.24. The largest absolute Gasteiger partial charge is 0.455 e. The number of ether oxygens (including phenoxy) is 4. The number of esters is 1. The fraction of sp³-hybridized carbons (Fsp3) is 0.909. The van der Waals surface area contributed by atoms with E-state index in [1.54, 1.807) is 0 Å². The summed E-state index contributed by atoms with van der Waals surface area (Å²) in [5.74, 6) is -0.741. The first kappa shape index (κ1) is 20.3. The van der Waals surface area contributed by atoms with Gasteiger partial charge in [-0.25, -0.2) is 14.5 Å². The zero-order valence-corrected chi connectivity index (χ0v) is 12.9. The molecule has 25 heavy (non-hydrogen) atoms. The number of aliphatic hydroxyl groups is 1. The van der Waals surface area contributed by atoms with Crippen LogP contribution in [0.1, 0.15) is 0 Å². The van der Waals surface area contributed by atoms with Crippen LogP contribution >= 0.6 is 0 Å². The summed E-state index contributed by atoms with van der Waals surface area (Å²) in [5, 5.41) is 42.4. The summed E-state index contributed by atoms with van der Waals surface area (Å²) in [6.07, 6.45) is -3.69. The Hall–Kier alpha value is -1.01. The molecule has 0 aromatic heterocycles. The van der Waals surface area contributed by atoms with Crippen molar-refractivity contribution in [3.05, 3.63) is 0 Å². The normalized spacial score (nSPS) is 30.0. The van der Waals surface area contributed by atoms with Gasteiger partial charge in [0.05, 0.1) is 30.6 Å². The third-order valence-electron chi connectivity index (χ3n) is 3.41. The van der Waals surface area contributed by atoms with Gasteiger partial charge in [0.15, 0.2) is 6.10 Å². The van der Waals surface area contributed by atoms with Crippen LogP contribution in [0.4, 0.5) is 0 Å². The molecular weight excluding hydrogens is 352 g/mol. The molecule has 0 aromatic rings. The fourth-order valence-electron chi connectivity index (χ4n) is 2.41. The van der Waals surface area contributed by atoms with E-state index in [4.69, 9.17) is 39.8 Å². The molecule has 2 aliphatic heterocycles. The molecule has 2 aliphatic rings. The quantitative estimate of drug-likeness (QED) is 0.200. The third-order valence-corrected chi connectivity index (χ3v) is 3.41. The Kier molecular flexibility index (Phi) is 7.81. The summed E-state index contributed by atoms with van der Waals surface area (Å²) >= 11 is 0.